The molecule has 3 heterocycles. The summed E-state index contributed by atoms with van der Waals surface area (Å²) < 4.78 is 22.5. The first-order valence-corrected chi connectivity index (χ1v) is 17.1. The van der Waals surface area contributed by atoms with Gasteiger partial charge in [0.2, 0.25) is 0 Å². The van der Waals surface area contributed by atoms with E-state index in [2.05, 4.69) is 51.7 Å². The summed E-state index contributed by atoms with van der Waals surface area (Å²) in [5.74, 6) is 0.568. The van der Waals surface area contributed by atoms with Crippen molar-refractivity contribution in [1.82, 2.24) is 9.13 Å². The quantitative estimate of drug-likeness (QED) is 0.160. The largest absolute Gasteiger partial charge is 0.493 e. The molecule has 0 aliphatic carbocycles. The van der Waals surface area contributed by atoms with Gasteiger partial charge in [0.1, 0.15) is 0 Å². The molecule has 0 unspecified atom stereocenters. The number of allylic oxidation sites excluding steroid dienone is 1. The fraction of sp³-hybridized carbons (Fsp3) is 0.270. The Balaban J connectivity index is 1.53. The van der Waals surface area contributed by atoms with E-state index in [-0.39, 0.29) is 18.3 Å². The summed E-state index contributed by atoms with van der Waals surface area (Å²) in [6.45, 7) is 10.4. The van der Waals surface area contributed by atoms with E-state index >= 15 is 0 Å². The van der Waals surface area contributed by atoms with Crippen molar-refractivity contribution in [1.29, 1.82) is 0 Å². The Morgan fingerprint density at radius 1 is 1.06 bits per heavy atom. The normalized spacial score (nSPS) is 14.8. The molecule has 8 nitrogen and oxygen atoms in total. The van der Waals surface area contributed by atoms with Gasteiger partial charge in [-0.1, -0.05) is 63.7 Å². The number of hydrogen-bond donors (Lipinski definition) is 0. The van der Waals surface area contributed by atoms with Crippen molar-refractivity contribution in [2.24, 2.45) is 4.99 Å². The van der Waals surface area contributed by atoms with E-state index in [9.17, 15) is 9.59 Å². The predicted octanol–water partition coefficient (Wildman–Crippen LogP) is 6.67. The van der Waals surface area contributed by atoms with Gasteiger partial charge in [0.15, 0.2) is 16.3 Å². The van der Waals surface area contributed by atoms with Crippen LogP contribution >= 0.6 is 27.3 Å². The van der Waals surface area contributed by atoms with E-state index < -0.39 is 12.0 Å². The number of hydrogen-bond acceptors (Lipinski definition) is 7. The molecule has 3 aromatic carbocycles. The number of aromatic nitrogens is 2. The average Bonchev–Trinajstić information content (AvgIpc) is 3.49. The van der Waals surface area contributed by atoms with Crippen molar-refractivity contribution in [3.8, 4) is 11.5 Å². The predicted molar refractivity (Wildman–Crippen MR) is 189 cm³/mol. The van der Waals surface area contributed by atoms with Crippen molar-refractivity contribution in [2.75, 3.05) is 13.7 Å². The first kappa shape index (κ1) is 32.5. The lowest BCUT2D eigenvalue weighted by Crippen LogP contribution is -2.40. The van der Waals surface area contributed by atoms with E-state index in [1.54, 1.807) is 25.5 Å². The van der Waals surface area contributed by atoms with Crippen LogP contribution in [0.1, 0.15) is 56.1 Å². The zero-order valence-corrected chi connectivity index (χ0v) is 29.6. The van der Waals surface area contributed by atoms with E-state index in [1.807, 2.05) is 62.4 Å². The molecule has 0 fully saturated rings. The second kappa shape index (κ2) is 13.4. The summed E-state index contributed by atoms with van der Waals surface area (Å²) in [6.07, 6.45) is 1.90. The Kier molecular flexibility index (Phi) is 9.25. The number of para-hydroxylation sites is 1. The molecule has 5 aromatic rings. The topological polar surface area (TPSA) is 84.1 Å². The van der Waals surface area contributed by atoms with Crippen LogP contribution in [0.3, 0.4) is 0 Å². The molecule has 242 valence electrons. The Bertz CT molecular complexity index is 2210. The van der Waals surface area contributed by atoms with Crippen LogP contribution in [0.4, 0.5) is 0 Å². The highest BCUT2D eigenvalue weighted by Crippen LogP contribution is 2.37. The second-order valence-corrected chi connectivity index (χ2v) is 13.5. The van der Waals surface area contributed by atoms with Gasteiger partial charge in [0.25, 0.3) is 5.56 Å². The molecule has 47 heavy (non-hydrogen) atoms. The van der Waals surface area contributed by atoms with E-state index in [0.717, 1.165) is 26.6 Å². The molecular formula is C37H36BrN3O5S. The number of esters is 1. The molecule has 1 aliphatic rings. The number of methoxy groups -OCH3 is 1. The Morgan fingerprint density at radius 2 is 1.81 bits per heavy atom. The highest BCUT2D eigenvalue weighted by atomic mass is 79.9. The molecule has 0 amide bonds. The third-order valence-electron chi connectivity index (χ3n) is 8.19. The van der Waals surface area contributed by atoms with Gasteiger partial charge in [-0.2, -0.15) is 0 Å². The van der Waals surface area contributed by atoms with Crippen molar-refractivity contribution in [3.63, 3.8) is 0 Å². The first-order chi connectivity index (χ1) is 22.6. The molecule has 2 aromatic heterocycles. The minimum atomic E-state index is -0.769. The summed E-state index contributed by atoms with van der Waals surface area (Å²) >= 11 is 4.84. The fourth-order valence-electron chi connectivity index (χ4n) is 6.06. The lowest BCUT2D eigenvalue weighted by Gasteiger charge is -2.25. The van der Waals surface area contributed by atoms with Crippen molar-refractivity contribution < 1.29 is 19.0 Å². The van der Waals surface area contributed by atoms with Crippen LogP contribution in [-0.2, 0) is 16.1 Å². The smallest absolute Gasteiger partial charge is 0.338 e. The van der Waals surface area contributed by atoms with Crippen LogP contribution in [0.5, 0.6) is 11.5 Å². The third kappa shape index (κ3) is 6.19. The number of halogens is 1. The van der Waals surface area contributed by atoms with Gasteiger partial charge < -0.3 is 18.8 Å². The molecule has 0 saturated carbocycles. The number of ether oxygens (including phenoxy) is 3. The number of carbonyl (C=O) groups excluding carboxylic acids is 1. The third-order valence-corrected chi connectivity index (χ3v) is 9.70. The van der Waals surface area contributed by atoms with Gasteiger partial charge in [-0.3, -0.25) is 9.36 Å². The molecule has 1 aliphatic heterocycles. The SMILES string of the molecule is CCOC(=O)C1=C(C)N=c2s/c(=C\c3c(C)n(Cc4ccc(Br)cc4)c4ccccc34)c(=O)n2[C@@H]1c1ccc(OC(C)C)c(OC)c1. The van der Waals surface area contributed by atoms with Gasteiger partial charge in [0, 0.05) is 33.2 Å². The van der Waals surface area contributed by atoms with Crippen LogP contribution in [0, 0.1) is 6.92 Å². The summed E-state index contributed by atoms with van der Waals surface area (Å²) in [6, 6.07) is 21.3. The number of rotatable bonds is 9. The van der Waals surface area contributed by atoms with Crippen molar-refractivity contribution >= 4 is 50.2 Å². The van der Waals surface area contributed by atoms with Gasteiger partial charge >= 0.3 is 5.97 Å². The van der Waals surface area contributed by atoms with E-state index in [0.29, 0.717) is 44.2 Å². The molecule has 1 atom stereocenters. The minimum Gasteiger partial charge on any atom is -0.493 e. The Hall–Kier alpha value is -4.41. The van der Waals surface area contributed by atoms with Crippen LogP contribution in [0.2, 0.25) is 0 Å². The highest BCUT2D eigenvalue weighted by molar-refractivity contribution is 9.10. The van der Waals surface area contributed by atoms with Gasteiger partial charge in [-0.05, 0) is 82.2 Å². The maximum absolute atomic E-state index is 14.4. The number of nitrogens with zero attached hydrogens (tertiary/aromatic N) is 3. The number of fused-ring (bicyclic) bond motifs is 2. The molecule has 0 radical (unpaired) electrons. The zero-order valence-electron chi connectivity index (χ0n) is 27.2. The standard InChI is InChI=1S/C37H36BrN3O5S/c1-7-45-36(43)33-22(4)39-37-41(34(33)25-14-17-30(46-21(2)3)31(18-25)44-6)35(42)32(47-37)19-28-23(5)40(29-11-9-8-10-27(28)29)20-24-12-15-26(38)16-13-24/h8-19,21,34H,7,20H2,1-6H3/b32-19-/t34-/m1/s1. The van der Waals surface area contributed by atoms with Gasteiger partial charge in [0.05, 0.1) is 41.7 Å². The summed E-state index contributed by atoms with van der Waals surface area (Å²) in [5.41, 5.74) is 5.54. The van der Waals surface area contributed by atoms with Crippen LogP contribution in [0.25, 0.3) is 17.0 Å². The average molecular weight is 715 g/mol. The lowest BCUT2D eigenvalue weighted by atomic mass is 9.95. The molecule has 6 rings (SSSR count). The fourth-order valence-corrected chi connectivity index (χ4v) is 7.35. The van der Waals surface area contributed by atoms with Crippen molar-refractivity contribution in [2.45, 2.75) is 53.3 Å². The van der Waals surface area contributed by atoms with Crippen LogP contribution in [-0.4, -0.2) is 34.9 Å². The number of carbonyl (C=O) groups is 1. The zero-order chi connectivity index (χ0) is 33.4. The van der Waals surface area contributed by atoms with Gasteiger partial charge in [-0.15, -0.1) is 0 Å². The van der Waals surface area contributed by atoms with Crippen molar-refractivity contribution in [3.05, 3.63) is 125 Å². The molecule has 10 heteroatoms. The summed E-state index contributed by atoms with van der Waals surface area (Å²) in [7, 11) is 1.57. The maximum atomic E-state index is 14.4. The first-order valence-electron chi connectivity index (χ1n) is 15.5. The minimum absolute atomic E-state index is 0.0612. The molecular weight excluding hydrogens is 678 g/mol. The van der Waals surface area contributed by atoms with E-state index in [1.165, 1.54) is 16.9 Å². The maximum Gasteiger partial charge on any atom is 0.338 e. The summed E-state index contributed by atoms with van der Waals surface area (Å²) in [4.78, 5) is 33.1. The molecule has 0 bridgehead atoms. The number of benzene rings is 3. The second-order valence-electron chi connectivity index (χ2n) is 11.6. The van der Waals surface area contributed by atoms with Gasteiger partial charge in [-0.25, -0.2) is 9.79 Å². The Morgan fingerprint density at radius 3 is 2.51 bits per heavy atom. The van der Waals surface area contributed by atoms with Crippen LogP contribution in [0.15, 0.2) is 92.3 Å². The molecule has 0 N–H and O–H groups in total. The molecule has 0 spiro atoms. The number of thiazole rings is 1. The Labute approximate surface area is 285 Å². The monoisotopic (exact) mass is 713 g/mol. The summed E-state index contributed by atoms with van der Waals surface area (Å²) in [5, 5.41) is 1.05. The van der Waals surface area contributed by atoms with E-state index in [4.69, 9.17) is 19.2 Å². The lowest BCUT2D eigenvalue weighted by molar-refractivity contribution is -0.139. The van der Waals surface area contributed by atoms with Crippen LogP contribution < -0.4 is 24.4 Å². The highest BCUT2D eigenvalue weighted by Gasteiger charge is 2.34. The molecule has 0 saturated heterocycles.